The summed E-state index contributed by atoms with van der Waals surface area (Å²) in [5.41, 5.74) is 5.09. The molecule has 1 rings (SSSR count). The summed E-state index contributed by atoms with van der Waals surface area (Å²) in [6.07, 6.45) is -4.98. The van der Waals surface area contributed by atoms with Gasteiger partial charge in [0.15, 0.2) is 0 Å². The Morgan fingerprint density at radius 1 is 1.47 bits per heavy atom. The first-order valence-electron chi connectivity index (χ1n) is 3.99. The number of nitrogen functional groups attached to an aromatic ring is 1. The maximum atomic E-state index is 11.9. The zero-order chi connectivity index (χ0) is 13.2. The fourth-order valence-corrected chi connectivity index (χ4v) is 0.969. The summed E-state index contributed by atoms with van der Waals surface area (Å²) in [6.45, 7) is 0. The van der Waals surface area contributed by atoms with Gasteiger partial charge in [-0.3, -0.25) is 0 Å². The molecule has 17 heavy (non-hydrogen) atoms. The fraction of sp³-hybridized carbons (Fsp3) is 0.286. The Morgan fingerprint density at radius 2 is 2.06 bits per heavy atom. The Morgan fingerprint density at radius 3 is 2.47 bits per heavy atom. The summed E-state index contributed by atoms with van der Waals surface area (Å²) in [5, 5.41) is 10.5. The Bertz CT molecular complexity index is 449. The predicted molar refractivity (Wildman–Crippen MR) is 48.5 cm³/mol. The Kier molecular flexibility index (Phi) is 3.25. The minimum atomic E-state index is -4.98. The smallest absolute Gasteiger partial charge is 0.489 e. The predicted octanol–water partition coefficient (Wildman–Crippen LogP) is 1.48. The summed E-state index contributed by atoms with van der Waals surface area (Å²) < 4.78 is 43.8. The zero-order valence-corrected chi connectivity index (χ0v) is 8.32. The molecule has 0 amide bonds. The first kappa shape index (κ1) is 12.8. The van der Waals surface area contributed by atoms with Gasteiger partial charge in [-0.2, -0.15) is 0 Å². The van der Waals surface area contributed by atoms with Crippen LogP contribution in [0.25, 0.3) is 0 Å². The van der Waals surface area contributed by atoms with Crippen LogP contribution >= 0.6 is 0 Å². The number of methoxy groups -OCH3 is 1. The molecule has 0 saturated carbocycles. The van der Waals surface area contributed by atoms with Crippen LogP contribution in [0.3, 0.4) is 0 Å². The van der Waals surface area contributed by atoms with Crippen LogP contribution in [0.15, 0.2) is 6.07 Å². The highest BCUT2D eigenvalue weighted by atomic mass is 19.4. The van der Waals surface area contributed by atoms with Crippen molar-refractivity contribution in [3.63, 3.8) is 0 Å². The van der Waals surface area contributed by atoms with Crippen LogP contribution in [0, 0.1) is 10.1 Å². The van der Waals surface area contributed by atoms with Crippen LogP contribution < -0.4 is 15.2 Å². The van der Waals surface area contributed by atoms with E-state index in [9.17, 15) is 23.3 Å². The van der Waals surface area contributed by atoms with Gasteiger partial charge in [-0.15, -0.1) is 13.2 Å². The van der Waals surface area contributed by atoms with Crippen LogP contribution in [0.5, 0.6) is 11.5 Å². The van der Waals surface area contributed by atoms with Crippen molar-refractivity contribution >= 4 is 11.6 Å². The summed E-state index contributed by atoms with van der Waals surface area (Å²) in [6, 6.07) is 0.647. The van der Waals surface area contributed by atoms with Crippen molar-refractivity contribution in [2.24, 2.45) is 0 Å². The number of hydrogen-bond donors (Lipinski definition) is 1. The SMILES string of the molecule is COc1cc(OC(F)(F)F)c(N)nc1[N+](=O)[O-]. The fourth-order valence-electron chi connectivity index (χ4n) is 0.969. The molecule has 0 aromatic carbocycles. The minimum absolute atomic E-state index is 0.483. The Labute approximate surface area is 92.1 Å². The van der Waals surface area contributed by atoms with Crippen molar-refractivity contribution in [3.8, 4) is 11.5 Å². The molecule has 2 N–H and O–H groups in total. The van der Waals surface area contributed by atoms with Gasteiger partial charge in [-0.1, -0.05) is 0 Å². The monoisotopic (exact) mass is 253 g/mol. The van der Waals surface area contributed by atoms with Crippen LogP contribution in [0.4, 0.5) is 24.8 Å². The molecule has 10 heteroatoms. The van der Waals surface area contributed by atoms with E-state index in [2.05, 4.69) is 14.5 Å². The normalized spacial score (nSPS) is 11.1. The van der Waals surface area contributed by atoms with E-state index in [1.54, 1.807) is 0 Å². The van der Waals surface area contributed by atoms with Crippen molar-refractivity contribution in [2.45, 2.75) is 6.36 Å². The third-order valence-electron chi connectivity index (χ3n) is 1.58. The molecule has 0 fully saturated rings. The first-order valence-corrected chi connectivity index (χ1v) is 3.99. The molecule has 7 nitrogen and oxygen atoms in total. The Balaban J connectivity index is 3.23. The molecular formula is C7H6F3N3O4. The van der Waals surface area contributed by atoms with E-state index in [1.165, 1.54) is 0 Å². The van der Waals surface area contributed by atoms with Gasteiger partial charge in [0.25, 0.3) is 5.82 Å². The number of nitrogens with two attached hydrogens (primary N) is 1. The maximum Gasteiger partial charge on any atom is 0.573 e. The lowest BCUT2D eigenvalue weighted by molar-refractivity contribution is -0.390. The van der Waals surface area contributed by atoms with E-state index in [-0.39, 0.29) is 0 Å². The van der Waals surface area contributed by atoms with Gasteiger partial charge in [-0.25, -0.2) is 0 Å². The second-order valence-electron chi connectivity index (χ2n) is 2.70. The molecule has 0 aliphatic carbocycles. The summed E-state index contributed by atoms with van der Waals surface area (Å²) in [7, 11) is 1.04. The molecular weight excluding hydrogens is 247 g/mol. The molecule has 1 aromatic rings. The van der Waals surface area contributed by atoms with Crippen LogP contribution in [-0.4, -0.2) is 23.4 Å². The van der Waals surface area contributed by atoms with Crippen LogP contribution in [0.2, 0.25) is 0 Å². The average molecular weight is 253 g/mol. The molecule has 0 aliphatic rings. The van der Waals surface area contributed by atoms with E-state index in [0.717, 1.165) is 7.11 Å². The van der Waals surface area contributed by atoms with Gasteiger partial charge < -0.3 is 25.3 Å². The molecule has 0 aliphatic heterocycles. The summed E-state index contributed by atoms with van der Waals surface area (Å²) >= 11 is 0. The van der Waals surface area contributed by atoms with Gasteiger partial charge in [0.1, 0.15) is 0 Å². The third kappa shape index (κ3) is 3.09. The number of pyridine rings is 1. The van der Waals surface area contributed by atoms with Gasteiger partial charge >= 0.3 is 12.2 Å². The maximum absolute atomic E-state index is 11.9. The zero-order valence-electron chi connectivity index (χ0n) is 8.32. The number of halogens is 3. The standard InChI is InChI=1S/C7H6F3N3O4/c1-16-4-2-3(17-7(8,9)10)5(11)12-6(4)13(14)15/h2H,1H3,(H2,11,12). The van der Waals surface area contributed by atoms with Crippen molar-refractivity contribution in [3.05, 3.63) is 16.2 Å². The molecule has 0 radical (unpaired) electrons. The largest absolute Gasteiger partial charge is 0.573 e. The molecule has 1 heterocycles. The lowest BCUT2D eigenvalue weighted by Gasteiger charge is -2.09. The van der Waals surface area contributed by atoms with E-state index in [0.29, 0.717) is 6.07 Å². The quantitative estimate of drug-likeness (QED) is 0.646. The number of nitro groups is 1. The van der Waals surface area contributed by atoms with Gasteiger partial charge in [0.2, 0.25) is 11.5 Å². The molecule has 0 atom stereocenters. The number of anilines is 1. The average Bonchev–Trinajstić information content (AvgIpc) is 2.18. The summed E-state index contributed by atoms with van der Waals surface area (Å²) in [4.78, 5) is 12.7. The van der Waals surface area contributed by atoms with E-state index in [4.69, 9.17) is 5.73 Å². The van der Waals surface area contributed by atoms with Crippen molar-refractivity contribution in [2.75, 3.05) is 12.8 Å². The highest BCUT2D eigenvalue weighted by Gasteiger charge is 2.34. The molecule has 0 saturated heterocycles. The second-order valence-corrected chi connectivity index (χ2v) is 2.70. The van der Waals surface area contributed by atoms with Crippen molar-refractivity contribution in [1.29, 1.82) is 0 Å². The van der Waals surface area contributed by atoms with E-state index < -0.39 is 34.4 Å². The highest BCUT2D eigenvalue weighted by Crippen LogP contribution is 2.35. The van der Waals surface area contributed by atoms with Gasteiger partial charge in [-0.05, 0) is 9.91 Å². The number of rotatable bonds is 3. The Hall–Kier alpha value is -2.26. The third-order valence-corrected chi connectivity index (χ3v) is 1.58. The highest BCUT2D eigenvalue weighted by molar-refractivity contribution is 5.56. The van der Waals surface area contributed by atoms with E-state index >= 15 is 0 Å². The number of ether oxygens (including phenoxy) is 2. The number of alkyl halides is 3. The lowest BCUT2D eigenvalue weighted by Crippen LogP contribution is -2.18. The molecule has 94 valence electrons. The second kappa shape index (κ2) is 4.31. The molecule has 0 bridgehead atoms. The van der Waals surface area contributed by atoms with Crippen LogP contribution in [-0.2, 0) is 0 Å². The summed E-state index contributed by atoms with van der Waals surface area (Å²) in [5.74, 6) is -2.89. The minimum Gasteiger partial charge on any atom is -0.489 e. The number of hydrogen-bond acceptors (Lipinski definition) is 6. The number of aromatic nitrogens is 1. The topological polar surface area (TPSA) is 101 Å². The lowest BCUT2D eigenvalue weighted by atomic mass is 10.4. The van der Waals surface area contributed by atoms with Crippen molar-refractivity contribution < 1.29 is 27.6 Å². The molecule has 1 aromatic heterocycles. The van der Waals surface area contributed by atoms with Gasteiger partial charge in [0.05, 0.1) is 7.11 Å². The van der Waals surface area contributed by atoms with Crippen LogP contribution in [0.1, 0.15) is 0 Å². The first-order chi connectivity index (χ1) is 7.74. The van der Waals surface area contributed by atoms with Crippen molar-refractivity contribution in [1.82, 2.24) is 4.98 Å². The molecule has 0 spiro atoms. The number of nitrogens with zero attached hydrogens (tertiary/aromatic N) is 2. The van der Waals surface area contributed by atoms with E-state index in [1.807, 2.05) is 0 Å². The molecule has 0 unspecified atom stereocenters. The van der Waals surface area contributed by atoms with Gasteiger partial charge in [0, 0.05) is 6.07 Å².